The lowest BCUT2D eigenvalue weighted by Gasteiger charge is -2.14. The quantitative estimate of drug-likeness (QED) is 0.249. The van der Waals surface area contributed by atoms with Crippen molar-refractivity contribution in [1.29, 1.82) is 0 Å². The van der Waals surface area contributed by atoms with Crippen LogP contribution in [0, 0.1) is 0 Å². The van der Waals surface area contributed by atoms with Crippen LogP contribution in [0.4, 0.5) is 11.4 Å². The maximum Gasteiger partial charge on any atom is 0.255 e. The molecule has 2 N–H and O–H groups in total. The lowest BCUT2D eigenvalue weighted by molar-refractivity contribution is -0.113. The SMILES string of the molecule is CCc1cccc(CC)c1NC(=O)CSc1nc2ccc(NC(=O)c3ccc(Cl)cc3)cc2s1. The second-order valence-electron chi connectivity index (χ2n) is 7.62. The van der Waals surface area contributed by atoms with Crippen LogP contribution in [0.1, 0.15) is 35.3 Å². The number of halogens is 1. The number of hydrogen-bond donors (Lipinski definition) is 2. The number of thiazole rings is 1. The van der Waals surface area contributed by atoms with E-state index >= 15 is 0 Å². The van der Waals surface area contributed by atoms with E-state index in [1.54, 1.807) is 24.3 Å². The summed E-state index contributed by atoms with van der Waals surface area (Å²) in [5.74, 6) is 0.0302. The van der Waals surface area contributed by atoms with Gasteiger partial charge in [-0.1, -0.05) is 55.4 Å². The molecular formula is C26H24ClN3O2S2. The Hall–Kier alpha value is -2.87. The van der Waals surface area contributed by atoms with Gasteiger partial charge in [0.25, 0.3) is 5.91 Å². The third-order valence-corrected chi connectivity index (χ3v) is 7.74. The summed E-state index contributed by atoms with van der Waals surface area (Å²) in [6.45, 7) is 4.18. The number of amides is 2. The van der Waals surface area contributed by atoms with Crippen molar-refractivity contribution in [3.8, 4) is 0 Å². The van der Waals surface area contributed by atoms with E-state index in [9.17, 15) is 9.59 Å². The molecule has 0 radical (unpaired) electrons. The number of rotatable bonds is 8. The maximum atomic E-state index is 12.7. The predicted octanol–water partition coefficient (Wildman–Crippen LogP) is 7.06. The van der Waals surface area contributed by atoms with E-state index in [-0.39, 0.29) is 17.6 Å². The largest absolute Gasteiger partial charge is 0.325 e. The predicted molar refractivity (Wildman–Crippen MR) is 144 cm³/mol. The Kier molecular flexibility index (Phi) is 7.88. The van der Waals surface area contributed by atoms with Crippen LogP contribution in [0.5, 0.6) is 0 Å². The van der Waals surface area contributed by atoms with Crippen LogP contribution in [0.25, 0.3) is 10.2 Å². The van der Waals surface area contributed by atoms with Gasteiger partial charge in [0.1, 0.15) is 0 Å². The summed E-state index contributed by atoms with van der Waals surface area (Å²) in [5.41, 5.74) is 5.28. The lowest BCUT2D eigenvalue weighted by atomic mass is 10.0. The number of nitrogens with one attached hydrogen (secondary N) is 2. The van der Waals surface area contributed by atoms with Crippen molar-refractivity contribution >= 4 is 68.1 Å². The fourth-order valence-corrected chi connectivity index (χ4v) is 5.59. The zero-order valence-corrected chi connectivity index (χ0v) is 21.2. The molecule has 0 aliphatic rings. The van der Waals surface area contributed by atoms with E-state index < -0.39 is 0 Å². The summed E-state index contributed by atoms with van der Waals surface area (Å²) in [4.78, 5) is 29.7. The molecule has 0 fully saturated rings. The minimum absolute atomic E-state index is 0.0456. The van der Waals surface area contributed by atoms with Gasteiger partial charge >= 0.3 is 0 Å². The van der Waals surface area contributed by atoms with Crippen molar-refractivity contribution in [2.24, 2.45) is 0 Å². The minimum Gasteiger partial charge on any atom is -0.325 e. The highest BCUT2D eigenvalue weighted by Crippen LogP contribution is 2.32. The molecule has 0 saturated carbocycles. The van der Waals surface area contributed by atoms with Crippen LogP contribution in [0.15, 0.2) is 65.0 Å². The van der Waals surface area contributed by atoms with E-state index in [0.29, 0.717) is 16.3 Å². The lowest BCUT2D eigenvalue weighted by Crippen LogP contribution is -2.16. The number of carbonyl (C=O) groups is 2. The van der Waals surface area contributed by atoms with Crippen molar-refractivity contribution in [1.82, 2.24) is 4.98 Å². The number of hydrogen-bond acceptors (Lipinski definition) is 5. The Morgan fingerprint density at radius 1 is 0.971 bits per heavy atom. The Morgan fingerprint density at radius 2 is 1.68 bits per heavy atom. The number of anilines is 2. The fourth-order valence-electron chi connectivity index (χ4n) is 3.55. The maximum absolute atomic E-state index is 12.7. The molecule has 5 nitrogen and oxygen atoms in total. The van der Waals surface area contributed by atoms with Crippen molar-refractivity contribution < 1.29 is 9.59 Å². The molecule has 1 heterocycles. The number of nitrogens with zero attached hydrogens (tertiary/aromatic N) is 1. The van der Waals surface area contributed by atoms with Gasteiger partial charge in [0.05, 0.1) is 16.0 Å². The van der Waals surface area contributed by atoms with E-state index in [4.69, 9.17) is 11.6 Å². The monoisotopic (exact) mass is 509 g/mol. The molecule has 174 valence electrons. The van der Waals surface area contributed by atoms with Crippen LogP contribution in [0.2, 0.25) is 5.02 Å². The van der Waals surface area contributed by atoms with Gasteiger partial charge in [-0.25, -0.2) is 4.98 Å². The van der Waals surface area contributed by atoms with Gasteiger partial charge in [0, 0.05) is 22.0 Å². The normalized spacial score (nSPS) is 10.9. The molecule has 4 aromatic rings. The first kappa shape index (κ1) is 24.3. The van der Waals surface area contributed by atoms with Gasteiger partial charge in [0.2, 0.25) is 5.91 Å². The van der Waals surface area contributed by atoms with Crippen LogP contribution >= 0.6 is 34.7 Å². The average Bonchev–Trinajstić information content (AvgIpc) is 3.25. The van der Waals surface area contributed by atoms with Crippen molar-refractivity contribution in [3.63, 3.8) is 0 Å². The first-order chi connectivity index (χ1) is 16.5. The van der Waals surface area contributed by atoms with E-state index in [0.717, 1.165) is 44.2 Å². The average molecular weight is 510 g/mol. The van der Waals surface area contributed by atoms with Crippen LogP contribution in [-0.2, 0) is 17.6 Å². The smallest absolute Gasteiger partial charge is 0.255 e. The van der Waals surface area contributed by atoms with Gasteiger partial charge < -0.3 is 10.6 Å². The topological polar surface area (TPSA) is 71.1 Å². The third kappa shape index (κ3) is 5.78. The summed E-state index contributed by atoms with van der Waals surface area (Å²) in [7, 11) is 0. The van der Waals surface area contributed by atoms with Crippen molar-refractivity contribution in [2.45, 2.75) is 31.0 Å². The molecule has 0 unspecified atom stereocenters. The minimum atomic E-state index is -0.203. The molecule has 1 aromatic heterocycles. The van der Waals surface area contributed by atoms with Crippen LogP contribution in [0.3, 0.4) is 0 Å². The number of carbonyl (C=O) groups excluding carboxylic acids is 2. The van der Waals surface area contributed by atoms with Gasteiger partial charge in [-0.2, -0.15) is 0 Å². The third-order valence-electron chi connectivity index (χ3n) is 5.32. The molecule has 0 atom stereocenters. The zero-order chi connectivity index (χ0) is 24.1. The number of thioether (sulfide) groups is 1. The molecule has 0 saturated heterocycles. The van der Waals surface area contributed by atoms with Gasteiger partial charge in [-0.05, 0) is 66.4 Å². The Labute approximate surface area is 211 Å². The molecular weight excluding hydrogens is 486 g/mol. The highest BCUT2D eigenvalue weighted by molar-refractivity contribution is 8.01. The second-order valence-corrected chi connectivity index (χ2v) is 10.3. The van der Waals surface area contributed by atoms with Crippen molar-refractivity contribution in [3.05, 3.63) is 82.4 Å². The van der Waals surface area contributed by atoms with Gasteiger partial charge in [-0.15, -0.1) is 11.3 Å². The second kappa shape index (κ2) is 11.0. The summed E-state index contributed by atoms with van der Waals surface area (Å²) in [6.07, 6.45) is 1.73. The fraction of sp³-hybridized carbons (Fsp3) is 0.192. The number of benzene rings is 3. The molecule has 0 spiro atoms. The summed E-state index contributed by atoms with van der Waals surface area (Å²) < 4.78 is 1.76. The highest BCUT2D eigenvalue weighted by Gasteiger charge is 2.13. The van der Waals surface area contributed by atoms with Crippen LogP contribution in [-0.4, -0.2) is 22.6 Å². The molecule has 8 heteroatoms. The number of aromatic nitrogens is 1. The van der Waals surface area contributed by atoms with E-state index in [1.807, 2.05) is 24.3 Å². The van der Waals surface area contributed by atoms with Crippen LogP contribution < -0.4 is 10.6 Å². The van der Waals surface area contributed by atoms with Gasteiger partial charge in [-0.3, -0.25) is 9.59 Å². The molecule has 0 aliphatic carbocycles. The Morgan fingerprint density at radius 3 is 2.35 bits per heavy atom. The molecule has 0 bridgehead atoms. The zero-order valence-electron chi connectivity index (χ0n) is 18.9. The summed E-state index contributed by atoms with van der Waals surface area (Å²) >= 11 is 8.81. The summed E-state index contributed by atoms with van der Waals surface area (Å²) in [5, 5.41) is 6.59. The number of aryl methyl sites for hydroxylation is 2. The number of para-hydroxylation sites is 1. The van der Waals surface area contributed by atoms with E-state index in [1.165, 1.54) is 23.1 Å². The van der Waals surface area contributed by atoms with Crippen molar-refractivity contribution in [2.75, 3.05) is 16.4 Å². The molecule has 4 rings (SSSR count). The Balaban J connectivity index is 1.40. The summed E-state index contributed by atoms with van der Waals surface area (Å²) in [6, 6.07) is 18.5. The Bertz CT molecular complexity index is 1310. The molecule has 3 aromatic carbocycles. The molecule has 2 amide bonds. The number of fused-ring (bicyclic) bond motifs is 1. The highest BCUT2D eigenvalue weighted by atomic mass is 35.5. The first-order valence-electron chi connectivity index (χ1n) is 11.0. The standard InChI is InChI=1S/C26H24ClN3O2S2/c1-3-16-6-5-7-17(4-2)24(16)30-23(31)15-33-26-29-21-13-12-20(14-22(21)34-26)28-25(32)18-8-10-19(27)11-9-18/h5-14H,3-4,15H2,1-2H3,(H,28,32)(H,30,31). The molecule has 34 heavy (non-hydrogen) atoms. The van der Waals surface area contributed by atoms with Gasteiger partial charge in [0.15, 0.2) is 4.34 Å². The molecule has 0 aliphatic heterocycles. The first-order valence-corrected chi connectivity index (χ1v) is 13.2. The van der Waals surface area contributed by atoms with E-state index in [2.05, 4.69) is 41.6 Å².